The van der Waals surface area contributed by atoms with E-state index in [1.165, 1.54) is 0 Å². The minimum absolute atomic E-state index is 0.259. The topological polar surface area (TPSA) is 72.9 Å². The smallest absolute Gasteiger partial charge is 0.276 e. The van der Waals surface area contributed by atoms with Gasteiger partial charge < -0.3 is 11.1 Å². The third-order valence-electron chi connectivity index (χ3n) is 2.86. The van der Waals surface area contributed by atoms with Crippen LogP contribution in [0.1, 0.15) is 21.6 Å². The Bertz CT molecular complexity index is 601. The van der Waals surface area contributed by atoms with E-state index >= 15 is 0 Å². The molecular weight excluding hydrogens is 228 g/mol. The molecule has 3 N–H and O–H groups in total. The van der Waals surface area contributed by atoms with E-state index in [0.717, 1.165) is 11.1 Å². The summed E-state index contributed by atoms with van der Waals surface area (Å²) in [7, 11) is 1.77. The lowest BCUT2D eigenvalue weighted by molar-refractivity contribution is 0.102. The second-order valence-electron chi connectivity index (χ2n) is 4.35. The molecule has 1 amide bonds. The summed E-state index contributed by atoms with van der Waals surface area (Å²) in [6, 6.07) is 5.38. The number of aryl methyl sites for hydroxylation is 3. The normalized spacial score (nSPS) is 10.4. The van der Waals surface area contributed by atoms with Gasteiger partial charge in [0.25, 0.3) is 5.91 Å². The van der Waals surface area contributed by atoms with Crippen LogP contribution in [0.4, 0.5) is 11.4 Å². The maximum absolute atomic E-state index is 11.9. The van der Waals surface area contributed by atoms with Gasteiger partial charge in [-0.3, -0.25) is 9.48 Å². The van der Waals surface area contributed by atoms with Crippen LogP contribution >= 0.6 is 0 Å². The van der Waals surface area contributed by atoms with E-state index in [1.807, 2.05) is 26.0 Å². The van der Waals surface area contributed by atoms with Crippen LogP contribution in [0.15, 0.2) is 24.4 Å². The van der Waals surface area contributed by atoms with Crippen LogP contribution in [0.5, 0.6) is 0 Å². The Morgan fingerprint density at radius 2 is 2.00 bits per heavy atom. The third kappa shape index (κ3) is 2.34. The van der Waals surface area contributed by atoms with Crippen molar-refractivity contribution in [1.29, 1.82) is 0 Å². The van der Waals surface area contributed by atoms with Crippen LogP contribution in [0.2, 0.25) is 0 Å². The minimum Gasteiger partial charge on any atom is -0.397 e. The highest BCUT2D eigenvalue weighted by Crippen LogP contribution is 2.23. The Kier molecular flexibility index (Phi) is 3.06. The predicted octanol–water partition coefficient (Wildman–Crippen LogP) is 1.87. The Hall–Kier alpha value is -2.30. The predicted molar refractivity (Wildman–Crippen MR) is 71.5 cm³/mol. The number of carbonyl (C=O) groups excluding carboxylic acids is 1. The van der Waals surface area contributed by atoms with E-state index in [0.29, 0.717) is 17.1 Å². The number of nitrogens with one attached hydrogen (secondary N) is 1. The fraction of sp³-hybridized carbons (Fsp3) is 0.231. The molecule has 0 atom stereocenters. The van der Waals surface area contributed by atoms with Crippen molar-refractivity contribution in [3.8, 4) is 0 Å². The van der Waals surface area contributed by atoms with E-state index < -0.39 is 0 Å². The van der Waals surface area contributed by atoms with Crippen LogP contribution in [0, 0.1) is 13.8 Å². The van der Waals surface area contributed by atoms with Gasteiger partial charge in [-0.15, -0.1) is 0 Å². The summed E-state index contributed by atoms with van der Waals surface area (Å²) in [6.07, 6.45) is 1.72. The van der Waals surface area contributed by atoms with Gasteiger partial charge in [0.15, 0.2) is 5.69 Å². The van der Waals surface area contributed by atoms with Gasteiger partial charge in [0.1, 0.15) is 0 Å². The second-order valence-corrected chi connectivity index (χ2v) is 4.35. The zero-order chi connectivity index (χ0) is 13.3. The third-order valence-corrected chi connectivity index (χ3v) is 2.86. The summed E-state index contributed by atoms with van der Waals surface area (Å²) in [5.41, 5.74) is 9.61. The van der Waals surface area contributed by atoms with Crippen LogP contribution < -0.4 is 11.1 Å². The molecule has 0 aliphatic heterocycles. The maximum atomic E-state index is 11.9. The lowest BCUT2D eigenvalue weighted by Crippen LogP contribution is -2.14. The second kappa shape index (κ2) is 4.52. The molecule has 2 aromatic rings. The Morgan fingerprint density at radius 3 is 2.61 bits per heavy atom. The van der Waals surface area contributed by atoms with Crippen molar-refractivity contribution in [2.24, 2.45) is 7.05 Å². The zero-order valence-electron chi connectivity index (χ0n) is 10.7. The largest absolute Gasteiger partial charge is 0.397 e. The molecule has 0 radical (unpaired) electrons. The summed E-state index contributed by atoms with van der Waals surface area (Å²) < 4.78 is 1.58. The van der Waals surface area contributed by atoms with Crippen molar-refractivity contribution >= 4 is 17.3 Å². The number of benzene rings is 1. The zero-order valence-corrected chi connectivity index (χ0v) is 10.7. The van der Waals surface area contributed by atoms with Crippen LogP contribution in [-0.2, 0) is 7.05 Å². The molecule has 0 saturated carbocycles. The van der Waals surface area contributed by atoms with E-state index in [2.05, 4.69) is 10.4 Å². The van der Waals surface area contributed by atoms with Crippen molar-refractivity contribution in [3.05, 3.63) is 41.2 Å². The summed E-state index contributed by atoms with van der Waals surface area (Å²) in [5, 5.41) is 6.81. The van der Waals surface area contributed by atoms with Gasteiger partial charge in [0, 0.05) is 13.2 Å². The number of nitrogen functional groups attached to an aromatic ring is 1. The average Bonchev–Trinajstić information content (AvgIpc) is 2.73. The fourth-order valence-electron chi connectivity index (χ4n) is 1.67. The Morgan fingerprint density at radius 1 is 1.33 bits per heavy atom. The maximum Gasteiger partial charge on any atom is 0.276 e. The number of aromatic nitrogens is 2. The lowest BCUT2D eigenvalue weighted by atomic mass is 10.1. The Labute approximate surface area is 106 Å². The summed E-state index contributed by atoms with van der Waals surface area (Å²) in [6.45, 7) is 3.96. The highest BCUT2D eigenvalue weighted by atomic mass is 16.1. The molecule has 0 spiro atoms. The molecule has 0 fully saturated rings. The van der Waals surface area contributed by atoms with Gasteiger partial charge in [-0.1, -0.05) is 0 Å². The molecule has 1 heterocycles. The molecule has 0 aliphatic carbocycles. The first kappa shape index (κ1) is 12.2. The quantitative estimate of drug-likeness (QED) is 0.792. The van der Waals surface area contributed by atoms with E-state index in [9.17, 15) is 4.79 Å². The number of nitrogens with two attached hydrogens (primary N) is 1. The highest BCUT2D eigenvalue weighted by molar-refractivity contribution is 6.04. The molecule has 2 rings (SSSR count). The number of hydrogen-bond donors (Lipinski definition) is 2. The van der Waals surface area contributed by atoms with Gasteiger partial charge >= 0.3 is 0 Å². The molecule has 1 aromatic carbocycles. The monoisotopic (exact) mass is 244 g/mol. The van der Waals surface area contributed by atoms with Gasteiger partial charge in [-0.05, 0) is 43.2 Å². The standard InChI is InChI=1S/C13H16N4O/c1-8-6-10(14)12(7-9(8)2)15-13(18)11-4-5-17(3)16-11/h4-7H,14H2,1-3H3,(H,15,18). The van der Waals surface area contributed by atoms with E-state index in [4.69, 9.17) is 5.73 Å². The molecule has 0 bridgehead atoms. The molecule has 0 unspecified atom stereocenters. The first-order valence-electron chi connectivity index (χ1n) is 5.65. The average molecular weight is 244 g/mol. The number of amides is 1. The molecular formula is C13H16N4O. The summed E-state index contributed by atoms with van der Waals surface area (Å²) in [4.78, 5) is 11.9. The number of rotatable bonds is 2. The minimum atomic E-state index is -0.259. The SMILES string of the molecule is Cc1cc(N)c(NC(=O)c2ccn(C)n2)cc1C. The first-order valence-corrected chi connectivity index (χ1v) is 5.65. The highest BCUT2D eigenvalue weighted by Gasteiger charge is 2.11. The molecule has 18 heavy (non-hydrogen) atoms. The van der Waals surface area contributed by atoms with E-state index in [1.54, 1.807) is 24.0 Å². The van der Waals surface area contributed by atoms with Crippen molar-refractivity contribution in [3.63, 3.8) is 0 Å². The number of anilines is 2. The Balaban J connectivity index is 2.24. The number of nitrogens with zero attached hydrogens (tertiary/aromatic N) is 2. The molecule has 0 aliphatic rings. The van der Waals surface area contributed by atoms with Crippen LogP contribution in [0.25, 0.3) is 0 Å². The van der Waals surface area contributed by atoms with Crippen LogP contribution in [0.3, 0.4) is 0 Å². The van der Waals surface area contributed by atoms with Crippen molar-refractivity contribution in [2.45, 2.75) is 13.8 Å². The van der Waals surface area contributed by atoms with Gasteiger partial charge in [-0.25, -0.2) is 0 Å². The molecule has 5 nitrogen and oxygen atoms in total. The van der Waals surface area contributed by atoms with Gasteiger partial charge in [0.05, 0.1) is 11.4 Å². The van der Waals surface area contributed by atoms with E-state index in [-0.39, 0.29) is 5.91 Å². The van der Waals surface area contributed by atoms with Gasteiger partial charge in [-0.2, -0.15) is 5.10 Å². The van der Waals surface area contributed by atoms with Gasteiger partial charge in [0.2, 0.25) is 0 Å². The fourth-order valence-corrected chi connectivity index (χ4v) is 1.67. The molecule has 5 heteroatoms. The first-order chi connectivity index (χ1) is 8.47. The number of carbonyl (C=O) groups is 1. The molecule has 0 saturated heterocycles. The van der Waals surface area contributed by atoms with Crippen molar-refractivity contribution in [2.75, 3.05) is 11.1 Å². The summed E-state index contributed by atoms with van der Waals surface area (Å²) >= 11 is 0. The molecule has 94 valence electrons. The number of hydrogen-bond acceptors (Lipinski definition) is 3. The molecule has 1 aromatic heterocycles. The summed E-state index contributed by atoms with van der Waals surface area (Å²) in [5.74, 6) is -0.259. The lowest BCUT2D eigenvalue weighted by Gasteiger charge is -2.10. The van der Waals surface area contributed by atoms with Crippen molar-refractivity contribution in [1.82, 2.24) is 9.78 Å². The van der Waals surface area contributed by atoms with Crippen LogP contribution in [-0.4, -0.2) is 15.7 Å². The van der Waals surface area contributed by atoms with Crippen molar-refractivity contribution < 1.29 is 4.79 Å².